The molecule has 0 N–H and O–H groups in total. The maximum absolute atomic E-state index is 4.97. The molecular weight excluding hydrogens is 1070 g/mol. The van der Waals surface area contributed by atoms with E-state index in [1.807, 2.05) is 28.9 Å². The first-order valence-corrected chi connectivity index (χ1v) is 32.2. The van der Waals surface area contributed by atoms with E-state index in [1.165, 1.54) is 138 Å². The number of aromatic nitrogens is 4. The zero-order chi connectivity index (χ0) is 55.3. The Balaban J connectivity index is 0.000000134. The van der Waals surface area contributed by atoms with E-state index in [4.69, 9.17) is 4.98 Å². The maximum Gasteiger partial charge on any atom is 0.181 e. The van der Waals surface area contributed by atoms with Gasteiger partial charge < -0.3 is 9.13 Å². The topological polar surface area (TPSA) is 27.7 Å². The van der Waals surface area contributed by atoms with Crippen molar-refractivity contribution in [1.29, 1.82) is 0 Å². The van der Waals surface area contributed by atoms with E-state index in [9.17, 15) is 0 Å². The lowest BCUT2D eigenvalue weighted by atomic mass is 10.1. The second kappa shape index (κ2) is 19.5. The third kappa shape index (κ3) is 7.33. The standard InChI is InChI=1S/C42H29NSSi.C35H21N3S/c1-3-16-31(17-4-1)45(32-18-5-2-6-19-32,41-28-14-24-37-36-23-9-12-27-40(36)44-42(37)41)33-20-13-15-30(29-33)43-38-25-10-7-21-34(38)35-22-8-11-26-39(35)43;1-5-13-29-23(9-1)24-10-2-6-14-30(24)37(29)22-17-18-33-28(21-22)27-19-20-36-35(34(27)39-33)38-31-15-7-3-11-25(31)26-12-4-8-16-32(26)38/h1-29H;1-21H. The summed E-state index contributed by atoms with van der Waals surface area (Å²) in [5.74, 6) is 0.990. The van der Waals surface area contributed by atoms with Crippen LogP contribution in [0.3, 0.4) is 0 Å². The van der Waals surface area contributed by atoms with E-state index in [1.54, 1.807) is 0 Å². The van der Waals surface area contributed by atoms with Crippen LogP contribution in [0, 0.1) is 0 Å². The summed E-state index contributed by atoms with van der Waals surface area (Å²) in [5.41, 5.74) is 9.65. The second-order valence-electron chi connectivity index (χ2n) is 21.7. The van der Waals surface area contributed by atoms with Gasteiger partial charge in [-0.05, 0) is 99.6 Å². The Hall–Kier alpha value is -10.2. The maximum atomic E-state index is 4.97. The smallest absolute Gasteiger partial charge is 0.181 e. The normalized spacial score (nSPS) is 12.0. The summed E-state index contributed by atoms with van der Waals surface area (Å²) >= 11 is 3.76. The minimum Gasteiger partial charge on any atom is -0.309 e. The molecule has 0 saturated heterocycles. The quantitative estimate of drug-likeness (QED) is 0.115. The highest BCUT2D eigenvalue weighted by Crippen LogP contribution is 2.42. The van der Waals surface area contributed by atoms with Crippen LogP contribution in [0.15, 0.2) is 303 Å². The average Bonchev–Trinajstić information content (AvgIpc) is 1.91. The first-order chi connectivity index (χ1) is 41.7. The van der Waals surface area contributed by atoms with Gasteiger partial charge in [0.2, 0.25) is 0 Å². The van der Waals surface area contributed by atoms with Gasteiger partial charge in [-0.25, -0.2) is 4.98 Å². The van der Waals surface area contributed by atoms with Gasteiger partial charge in [-0.3, -0.25) is 4.57 Å². The van der Waals surface area contributed by atoms with Crippen molar-refractivity contribution >= 4 is 157 Å². The number of para-hydroxylation sites is 6. The highest BCUT2D eigenvalue weighted by atomic mass is 32.1. The number of rotatable bonds is 7. The lowest BCUT2D eigenvalue weighted by Crippen LogP contribution is -2.74. The molecular formula is C77H50N4S2Si. The summed E-state index contributed by atoms with van der Waals surface area (Å²) in [6.07, 6.45) is 1.96. The largest absolute Gasteiger partial charge is 0.309 e. The fraction of sp³-hybridized carbons (Fsp3) is 0. The summed E-state index contributed by atoms with van der Waals surface area (Å²) in [6, 6.07) is 109. The number of nitrogens with zero attached hydrogens (tertiary/aromatic N) is 4. The van der Waals surface area contributed by atoms with Gasteiger partial charge in [0.1, 0.15) is 0 Å². The predicted molar refractivity (Wildman–Crippen MR) is 363 cm³/mol. The molecule has 84 heavy (non-hydrogen) atoms. The van der Waals surface area contributed by atoms with E-state index >= 15 is 0 Å². The summed E-state index contributed by atoms with van der Waals surface area (Å²) in [5, 5.41) is 18.4. The summed E-state index contributed by atoms with van der Waals surface area (Å²) in [7, 11) is -2.81. The number of pyridine rings is 1. The first kappa shape index (κ1) is 48.5. The van der Waals surface area contributed by atoms with E-state index in [0.717, 1.165) is 5.82 Å². The van der Waals surface area contributed by atoms with Crippen LogP contribution in [-0.2, 0) is 0 Å². The zero-order valence-corrected chi connectivity index (χ0v) is 48.1. The van der Waals surface area contributed by atoms with Crippen molar-refractivity contribution < 1.29 is 0 Å². The molecule has 0 aliphatic heterocycles. The van der Waals surface area contributed by atoms with Crippen molar-refractivity contribution in [3.8, 4) is 17.2 Å². The highest BCUT2D eigenvalue weighted by Gasteiger charge is 2.43. The molecule has 12 aromatic carbocycles. The molecule has 18 rings (SSSR count). The van der Waals surface area contributed by atoms with Crippen molar-refractivity contribution in [1.82, 2.24) is 18.7 Å². The molecule has 0 atom stereocenters. The van der Waals surface area contributed by atoms with Gasteiger partial charge in [-0.15, -0.1) is 22.7 Å². The number of benzene rings is 12. The van der Waals surface area contributed by atoms with Gasteiger partial charge in [0.25, 0.3) is 0 Å². The van der Waals surface area contributed by atoms with Gasteiger partial charge in [-0.2, -0.15) is 0 Å². The molecule has 0 aliphatic carbocycles. The molecule has 0 aliphatic rings. The first-order valence-electron chi connectivity index (χ1n) is 28.6. The van der Waals surface area contributed by atoms with Gasteiger partial charge in [0.05, 0.1) is 37.8 Å². The fourth-order valence-electron chi connectivity index (χ4n) is 13.8. The highest BCUT2D eigenvalue weighted by molar-refractivity contribution is 7.30. The molecule has 0 bridgehead atoms. The Kier molecular flexibility index (Phi) is 11.3. The Labute approximate surface area is 493 Å². The fourth-order valence-corrected chi connectivity index (χ4v) is 21.5. The molecule has 4 nitrogen and oxygen atoms in total. The SMILES string of the molecule is c1ccc([Si](c2ccccc2)(c2cccc(-n3c4ccccc4c4ccccc43)c2)c2cccc3c2sc2ccccc23)cc1.c1ccc2c(c1)c1ccccc1n2-c1ccc2sc3c(-n4c5ccccc5c5ccccc54)nccc3c2c1. The van der Waals surface area contributed by atoms with Crippen LogP contribution in [0.4, 0.5) is 0 Å². The number of hydrogen-bond donors (Lipinski definition) is 0. The summed E-state index contributed by atoms with van der Waals surface area (Å²) in [4.78, 5) is 4.97. The molecule has 18 aromatic rings. The van der Waals surface area contributed by atoms with Crippen LogP contribution in [0.2, 0.25) is 0 Å². The molecule has 0 fully saturated rings. The Morgan fingerprint density at radius 1 is 0.262 bits per heavy atom. The zero-order valence-electron chi connectivity index (χ0n) is 45.5. The van der Waals surface area contributed by atoms with Crippen LogP contribution in [0.25, 0.3) is 123 Å². The van der Waals surface area contributed by atoms with Crippen LogP contribution < -0.4 is 20.7 Å². The summed E-state index contributed by atoms with van der Waals surface area (Å²) < 4.78 is 12.4. The molecule has 0 saturated carbocycles. The van der Waals surface area contributed by atoms with E-state index in [-0.39, 0.29) is 0 Å². The van der Waals surface area contributed by atoms with Crippen molar-refractivity contribution in [3.05, 3.63) is 303 Å². The third-order valence-corrected chi connectivity index (χ3v) is 24.7. The van der Waals surface area contributed by atoms with E-state index in [2.05, 4.69) is 311 Å². The molecule has 7 heteroatoms. The van der Waals surface area contributed by atoms with Crippen LogP contribution in [0.5, 0.6) is 0 Å². The molecule has 0 unspecified atom stereocenters. The van der Waals surface area contributed by atoms with Crippen LogP contribution >= 0.6 is 22.7 Å². The van der Waals surface area contributed by atoms with Crippen molar-refractivity contribution in [2.45, 2.75) is 0 Å². The lowest BCUT2D eigenvalue weighted by molar-refractivity contribution is 1.11. The lowest BCUT2D eigenvalue weighted by Gasteiger charge is -2.35. The second-order valence-corrected chi connectivity index (χ2v) is 27.6. The van der Waals surface area contributed by atoms with Crippen molar-refractivity contribution in [3.63, 3.8) is 0 Å². The molecule has 6 heterocycles. The van der Waals surface area contributed by atoms with Gasteiger partial charge >= 0.3 is 0 Å². The molecule has 0 amide bonds. The Bertz CT molecular complexity index is 5390. The predicted octanol–water partition coefficient (Wildman–Crippen LogP) is 18.2. The molecule has 0 spiro atoms. The van der Waals surface area contributed by atoms with Crippen LogP contribution in [-0.4, -0.2) is 26.8 Å². The van der Waals surface area contributed by atoms with Gasteiger partial charge in [-0.1, -0.05) is 218 Å². The van der Waals surface area contributed by atoms with Crippen molar-refractivity contribution in [2.24, 2.45) is 0 Å². The Morgan fingerprint density at radius 2 is 0.655 bits per heavy atom. The molecule has 0 radical (unpaired) electrons. The monoisotopic (exact) mass is 1120 g/mol. The van der Waals surface area contributed by atoms with E-state index < -0.39 is 8.07 Å². The summed E-state index contributed by atoms with van der Waals surface area (Å²) in [6.45, 7) is 0. The van der Waals surface area contributed by atoms with Gasteiger partial charge in [0, 0.05) is 85.5 Å². The molecule has 6 aromatic heterocycles. The average molecular weight is 1120 g/mol. The minimum absolute atomic E-state index is 0.990. The number of fused-ring (bicyclic) bond motifs is 15. The molecule has 394 valence electrons. The Morgan fingerprint density at radius 3 is 1.19 bits per heavy atom. The number of hydrogen-bond acceptors (Lipinski definition) is 3. The van der Waals surface area contributed by atoms with E-state index in [0.29, 0.717) is 0 Å². The van der Waals surface area contributed by atoms with Gasteiger partial charge in [0.15, 0.2) is 13.9 Å². The number of thiophene rings is 2. The minimum atomic E-state index is -2.81. The van der Waals surface area contributed by atoms with Crippen molar-refractivity contribution in [2.75, 3.05) is 0 Å². The van der Waals surface area contributed by atoms with Crippen LogP contribution in [0.1, 0.15) is 0 Å². The third-order valence-electron chi connectivity index (χ3n) is 17.3.